The van der Waals surface area contributed by atoms with Crippen molar-refractivity contribution in [3.05, 3.63) is 85.1 Å². The molecule has 0 aliphatic carbocycles. The van der Waals surface area contributed by atoms with Crippen molar-refractivity contribution in [1.82, 2.24) is 5.32 Å². The van der Waals surface area contributed by atoms with Gasteiger partial charge in [-0.25, -0.2) is 0 Å². The van der Waals surface area contributed by atoms with Gasteiger partial charge in [-0.3, -0.25) is 14.2 Å². The number of unbranched alkanes of at least 4 members (excludes halogenated alkanes) is 33. The molecule has 0 heterocycles. The molecule has 0 saturated carbocycles. The first-order valence-electron chi connectivity index (χ1n) is 33.9. The van der Waals surface area contributed by atoms with Gasteiger partial charge in [0.2, 0.25) is 5.91 Å². The van der Waals surface area contributed by atoms with Crippen LogP contribution < -0.4 is 10.2 Å². The highest BCUT2D eigenvalue weighted by atomic mass is 31.2. The van der Waals surface area contributed by atoms with E-state index in [-0.39, 0.29) is 18.9 Å². The van der Waals surface area contributed by atoms with Crippen LogP contribution in [0, 0.1) is 0 Å². The van der Waals surface area contributed by atoms with Gasteiger partial charge in [-0.05, 0) is 70.3 Å². The Balaban J connectivity index is 5.24. The Kier molecular flexibility index (Phi) is 58.2. The molecule has 0 saturated heterocycles. The summed E-state index contributed by atoms with van der Waals surface area (Å²) in [6.45, 7) is 6.71. The predicted molar refractivity (Wildman–Crippen MR) is 348 cm³/mol. The molecule has 0 spiro atoms. The molecular formula is C71H129N2O7P. The number of carbonyl (C=O) groups is 2. The summed E-state index contributed by atoms with van der Waals surface area (Å²) in [6, 6.07) is -0.922. The molecule has 0 aliphatic rings. The fourth-order valence-electron chi connectivity index (χ4n) is 9.67. The molecule has 0 fully saturated rings. The van der Waals surface area contributed by atoms with E-state index in [0.29, 0.717) is 23.9 Å². The van der Waals surface area contributed by atoms with Gasteiger partial charge in [0.25, 0.3) is 7.82 Å². The SMILES string of the molecule is CC/C=C\C/C=C\C/C=C\C/C=C\C/C=C\C/C=C\CCC(=O)OC(/C=C/CCCCCCCCCCCCC)C(COP(=O)([O-])OCC[N+](C)(C)C)NC(=O)CCCCCCCCCCCCCCCCCCCCCCCCC. The second-order valence-electron chi connectivity index (χ2n) is 24.0. The molecule has 0 aromatic rings. The number of phosphoric ester groups is 1. The molecule has 0 aliphatic heterocycles. The molecule has 0 aromatic heterocycles. The van der Waals surface area contributed by atoms with Crippen LogP contribution in [0.2, 0.25) is 0 Å². The Bertz CT molecular complexity index is 1660. The molecule has 10 heteroatoms. The molecule has 1 amide bonds. The number of phosphoric acid groups is 1. The third-order valence-corrected chi connectivity index (χ3v) is 15.8. The zero-order chi connectivity index (χ0) is 59.3. The van der Waals surface area contributed by atoms with E-state index in [0.717, 1.165) is 77.0 Å². The smallest absolute Gasteiger partial charge is 0.306 e. The number of nitrogens with zero attached hydrogens (tertiary/aromatic N) is 1. The number of allylic oxidation sites excluding steroid dienone is 13. The minimum Gasteiger partial charge on any atom is -0.756 e. The van der Waals surface area contributed by atoms with Crippen LogP contribution in [0.15, 0.2) is 85.1 Å². The van der Waals surface area contributed by atoms with Crippen LogP contribution in [-0.2, 0) is 27.9 Å². The summed E-state index contributed by atoms with van der Waals surface area (Å²) in [5.74, 6) is -0.631. The van der Waals surface area contributed by atoms with Gasteiger partial charge in [0.1, 0.15) is 19.3 Å². The van der Waals surface area contributed by atoms with Crippen LogP contribution in [0.25, 0.3) is 0 Å². The van der Waals surface area contributed by atoms with Crippen molar-refractivity contribution in [2.75, 3.05) is 40.9 Å². The van der Waals surface area contributed by atoms with Crippen LogP contribution in [-0.4, -0.2) is 69.4 Å². The summed E-state index contributed by atoms with van der Waals surface area (Å²) < 4.78 is 30.3. The average Bonchev–Trinajstić information content (AvgIpc) is 3.44. The van der Waals surface area contributed by atoms with E-state index in [4.69, 9.17) is 13.8 Å². The maximum Gasteiger partial charge on any atom is 0.306 e. The Labute approximate surface area is 501 Å². The third kappa shape index (κ3) is 61.6. The first-order chi connectivity index (χ1) is 39.4. The lowest BCUT2D eigenvalue weighted by molar-refractivity contribution is -0.870. The molecule has 0 radical (unpaired) electrons. The van der Waals surface area contributed by atoms with Crippen molar-refractivity contribution in [1.29, 1.82) is 0 Å². The monoisotopic (exact) mass is 1150 g/mol. The minimum absolute atomic E-state index is 0.0350. The van der Waals surface area contributed by atoms with E-state index in [1.165, 1.54) is 186 Å². The molecule has 0 rings (SSSR count). The maximum atomic E-state index is 13.6. The second-order valence-corrected chi connectivity index (χ2v) is 25.4. The lowest BCUT2D eigenvalue weighted by atomic mass is 10.0. The van der Waals surface area contributed by atoms with Crippen molar-refractivity contribution < 1.29 is 37.3 Å². The fraction of sp³-hybridized carbons (Fsp3) is 0.775. The number of likely N-dealkylation sites (N-methyl/N-ethyl adjacent to an activating group) is 1. The first kappa shape index (κ1) is 78.2. The van der Waals surface area contributed by atoms with Crippen LogP contribution in [0.5, 0.6) is 0 Å². The normalized spacial score (nSPS) is 14.1. The third-order valence-electron chi connectivity index (χ3n) is 14.9. The van der Waals surface area contributed by atoms with Crippen molar-refractivity contribution in [3.63, 3.8) is 0 Å². The number of hydrogen-bond acceptors (Lipinski definition) is 7. The molecule has 9 nitrogen and oxygen atoms in total. The van der Waals surface area contributed by atoms with Crippen molar-refractivity contribution in [2.45, 2.75) is 315 Å². The molecule has 0 aromatic carbocycles. The number of carbonyl (C=O) groups excluding carboxylic acids is 2. The minimum atomic E-state index is -4.72. The predicted octanol–water partition coefficient (Wildman–Crippen LogP) is 20.7. The Morgan fingerprint density at radius 3 is 1.19 bits per heavy atom. The van der Waals surface area contributed by atoms with E-state index in [1.54, 1.807) is 0 Å². The van der Waals surface area contributed by atoms with E-state index in [9.17, 15) is 19.0 Å². The quantitative estimate of drug-likeness (QED) is 0.0212. The zero-order valence-electron chi connectivity index (χ0n) is 53.7. The van der Waals surface area contributed by atoms with E-state index in [1.807, 2.05) is 39.4 Å². The topological polar surface area (TPSA) is 114 Å². The average molecular weight is 1150 g/mol. The van der Waals surface area contributed by atoms with Gasteiger partial charge in [-0.1, -0.05) is 305 Å². The highest BCUT2D eigenvalue weighted by Crippen LogP contribution is 2.38. The van der Waals surface area contributed by atoms with E-state index < -0.39 is 32.5 Å². The number of quaternary nitrogens is 1. The van der Waals surface area contributed by atoms with E-state index in [2.05, 4.69) is 92.9 Å². The summed E-state index contributed by atoms with van der Waals surface area (Å²) in [5, 5.41) is 3.02. The summed E-state index contributed by atoms with van der Waals surface area (Å²) in [5.41, 5.74) is 0. The van der Waals surface area contributed by atoms with Gasteiger partial charge in [0.15, 0.2) is 0 Å². The van der Waals surface area contributed by atoms with Crippen molar-refractivity contribution in [2.24, 2.45) is 0 Å². The molecule has 3 unspecified atom stereocenters. The van der Waals surface area contributed by atoms with E-state index >= 15 is 0 Å². The Morgan fingerprint density at radius 2 is 0.802 bits per heavy atom. The van der Waals surface area contributed by atoms with Gasteiger partial charge < -0.3 is 28.5 Å². The molecule has 0 bridgehead atoms. The van der Waals surface area contributed by atoms with Crippen LogP contribution in [0.1, 0.15) is 303 Å². The van der Waals surface area contributed by atoms with Gasteiger partial charge in [-0.2, -0.15) is 0 Å². The number of rotatable bonds is 61. The second kappa shape index (κ2) is 60.3. The van der Waals surface area contributed by atoms with Crippen molar-refractivity contribution >= 4 is 19.7 Å². The lowest BCUT2D eigenvalue weighted by Crippen LogP contribution is -2.47. The molecule has 1 N–H and O–H groups in total. The highest BCUT2D eigenvalue weighted by Gasteiger charge is 2.27. The summed E-state index contributed by atoms with van der Waals surface area (Å²) >= 11 is 0. The summed E-state index contributed by atoms with van der Waals surface area (Å²) in [4.78, 5) is 40.1. The fourth-order valence-corrected chi connectivity index (χ4v) is 10.4. The molecule has 470 valence electrons. The Morgan fingerprint density at radius 1 is 0.444 bits per heavy atom. The number of amides is 1. The number of esters is 1. The standard InChI is InChI=1S/C71H129N2O7P/c1-7-10-13-16-19-22-25-28-30-32-34-35-36-37-39-40-42-45-48-51-54-57-60-63-70(74)72-68(67-79-81(76,77)78-66-65-73(4,5)6)69(62-59-56-53-50-47-44-27-24-21-18-15-12-9-3)80-71(75)64-61-58-55-52-49-46-43-41-38-33-31-29-26-23-20-17-14-11-8-2/h11,14,20,23,29,31,38,41,46,49,55,58-59,62,68-69H,7-10,12-13,15-19,21-22,24-28,30,32-37,39-40,42-45,47-48,50-54,56-57,60-61,63-67H2,1-6H3,(H-,72,74,76,77)/b14-11-,23-20-,31-29-,41-38-,49-46-,58-55-,62-59+. The van der Waals surface area contributed by atoms with Gasteiger partial charge in [0, 0.05) is 12.8 Å². The molecule has 3 atom stereocenters. The molecular weight excluding hydrogens is 1020 g/mol. The number of hydrogen-bond donors (Lipinski definition) is 1. The van der Waals surface area contributed by atoms with Crippen LogP contribution in [0.3, 0.4) is 0 Å². The van der Waals surface area contributed by atoms with Gasteiger partial charge in [0.05, 0.1) is 33.8 Å². The van der Waals surface area contributed by atoms with Gasteiger partial charge in [-0.15, -0.1) is 0 Å². The number of nitrogens with one attached hydrogen (secondary N) is 1. The highest BCUT2D eigenvalue weighted by molar-refractivity contribution is 7.45. The largest absolute Gasteiger partial charge is 0.756 e. The van der Waals surface area contributed by atoms with Crippen LogP contribution in [0.4, 0.5) is 0 Å². The summed E-state index contributed by atoms with van der Waals surface area (Å²) in [7, 11) is 1.15. The Hall–Kier alpha value is -2.81. The zero-order valence-corrected chi connectivity index (χ0v) is 54.6. The maximum absolute atomic E-state index is 13.6. The molecule has 81 heavy (non-hydrogen) atoms. The van der Waals surface area contributed by atoms with Crippen LogP contribution >= 0.6 is 7.82 Å². The summed E-state index contributed by atoms with van der Waals surface area (Å²) in [6.07, 6.45) is 80.1. The van der Waals surface area contributed by atoms with Crippen molar-refractivity contribution in [3.8, 4) is 0 Å². The first-order valence-corrected chi connectivity index (χ1v) is 35.4. The van der Waals surface area contributed by atoms with Gasteiger partial charge >= 0.3 is 5.97 Å². The number of ether oxygens (including phenoxy) is 1. The lowest BCUT2D eigenvalue weighted by Gasteiger charge is -2.30.